The monoisotopic (exact) mass is 272 g/mol. The van der Waals surface area contributed by atoms with E-state index in [0.717, 1.165) is 22.6 Å². The third-order valence-corrected chi connectivity index (χ3v) is 3.30. The van der Waals surface area contributed by atoms with Crippen LogP contribution in [-0.4, -0.2) is 6.61 Å². The molecule has 0 fully saturated rings. The Bertz CT molecular complexity index is 622. The fourth-order valence-electron chi connectivity index (χ4n) is 2.23. The van der Waals surface area contributed by atoms with Crippen molar-refractivity contribution in [2.75, 3.05) is 6.61 Å². The smallest absolute Gasteiger partial charge is 0.135 e. The maximum atomic E-state index is 6.02. The molecule has 96 valence electrons. The number of rotatable bonds is 3. The predicted molar refractivity (Wildman–Crippen MR) is 76.0 cm³/mol. The normalized spacial score (nSPS) is 16.2. The summed E-state index contributed by atoms with van der Waals surface area (Å²) in [4.78, 5) is 0. The Morgan fingerprint density at radius 3 is 2.79 bits per heavy atom. The van der Waals surface area contributed by atoms with Crippen LogP contribution in [-0.2, 0) is 4.74 Å². The second kappa shape index (κ2) is 5.08. The summed E-state index contributed by atoms with van der Waals surface area (Å²) < 4.78 is 11.8. The van der Waals surface area contributed by atoms with Gasteiger partial charge in [-0.15, -0.1) is 6.58 Å². The molecule has 1 unspecified atom stereocenters. The molecule has 1 heterocycles. The van der Waals surface area contributed by atoms with Gasteiger partial charge in [-0.25, -0.2) is 0 Å². The van der Waals surface area contributed by atoms with Crippen LogP contribution in [0.3, 0.4) is 0 Å². The SMILES string of the molecule is C=CCOC1c2ccccc2Oc2cc(Cl)ccc21. The molecular formula is C16H13ClO2. The summed E-state index contributed by atoms with van der Waals surface area (Å²) in [7, 11) is 0. The Morgan fingerprint density at radius 2 is 1.95 bits per heavy atom. The van der Waals surface area contributed by atoms with Crippen LogP contribution in [0.5, 0.6) is 11.5 Å². The van der Waals surface area contributed by atoms with Crippen LogP contribution in [0.25, 0.3) is 0 Å². The summed E-state index contributed by atoms with van der Waals surface area (Å²) in [6.45, 7) is 4.18. The summed E-state index contributed by atoms with van der Waals surface area (Å²) in [6.07, 6.45) is 1.60. The van der Waals surface area contributed by atoms with Crippen molar-refractivity contribution in [3.05, 3.63) is 71.3 Å². The van der Waals surface area contributed by atoms with E-state index in [9.17, 15) is 0 Å². The topological polar surface area (TPSA) is 18.5 Å². The lowest BCUT2D eigenvalue weighted by Gasteiger charge is -2.28. The second-order valence-corrected chi connectivity index (χ2v) is 4.76. The largest absolute Gasteiger partial charge is 0.457 e. The zero-order valence-corrected chi connectivity index (χ0v) is 11.1. The van der Waals surface area contributed by atoms with Gasteiger partial charge in [0.05, 0.1) is 6.61 Å². The van der Waals surface area contributed by atoms with Gasteiger partial charge in [0, 0.05) is 16.1 Å². The van der Waals surface area contributed by atoms with E-state index in [1.807, 2.05) is 42.5 Å². The van der Waals surface area contributed by atoms with Gasteiger partial charge < -0.3 is 9.47 Å². The van der Waals surface area contributed by atoms with Gasteiger partial charge in [-0.05, 0) is 18.2 Å². The van der Waals surface area contributed by atoms with Gasteiger partial charge in [0.2, 0.25) is 0 Å². The molecule has 0 radical (unpaired) electrons. The Morgan fingerprint density at radius 1 is 1.16 bits per heavy atom. The van der Waals surface area contributed by atoms with E-state index in [-0.39, 0.29) is 6.10 Å². The Hall–Kier alpha value is -1.77. The van der Waals surface area contributed by atoms with E-state index in [4.69, 9.17) is 21.1 Å². The first kappa shape index (κ1) is 12.3. The highest BCUT2D eigenvalue weighted by atomic mass is 35.5. The number of benzene rings is 2. The van der Waals surface area contributed by atoms with E-state index >= 15 is 0 Å². The molecule has 0 N–H and O–H groups in total. The lowest BCUT2D eigenvalue weighted by molar-refractivity contribution is 0.0962. The molecule has 2 aromatic carbocycles. The predicted octanol–water partition coefficient (Wildman–Crippen LogP) is 4.74. The third-order valence-electron chi connectivity index (χ3n) is 3.06. The Balaban J connectivity index is 2.09. The van der Waals surface area contributed by atoms with Gasteiger partial charge in [-0.1, -0.05) is 41.9 Å². The molecule has 1 atom stereocenters. The number of hydrogen-bond acceptors (Lipinski definition) is 2. The van der Waals surface area contributed by atoms with Crippen LogP contribution in [0.4, 0.5) is 0 Å². The molecular weight excluding hydrogens is 260 g/mol. The van der Waals surface area contributed by atoms with Gasteiger partial charge in [0.1, 0.15) is 17.6 Å². The average molecular weight is 273 g/mol. The first-order chi connectivity index (χ1) is 9.29. The number of para-hydroxylation sites is 1. The van der Waals surface area contributed by atoms with Crippen LogP contribution in [0, 0.1) is 0 Å². The summed E-state index contributed by atoms with van der Waals surface area (Å²) in [5.41, 5.74) is 2.02. The summed E-state index contributed by atoms with van der Waals surface area (Å²) in [5, 5.41) is 0.653. The fourth-order valence-corrected chi connectivity index (χ4v) is 2.40. The quantitative estimate of drug-likeness (QED) is 0.752. The summed E-state index contributed by atoms with van der Waals surface area (Å²) >= 11 is 6.02. The van der Waals surface area contributed by atoms with E-state index in [0.29, 0.717) is 11.6 Å². The van der Waals surface area contributed by atoms with Crippen LogP contribution >= 0.6 is 11.6 Å². The van der Waals surface area contributed by atoms with Crippen LogP contribution in [0.15, 0.2) is 55.1 Å². The molecule has 3 heteroatoms. The second-order valence-electron chi connectivity index (χ2n) is 4.32. The van der Waals surface area contributed by atoms with Gasteiger partial charge >= 0.3 is 0 Å². The third kappa shape index (κ3) is 2.25. The molecule has 19 heavy (non-hydrogen) atoms. The number of hydrogen-bond donors (Lipinski definition) is 0. The van der Waals surface area contributed by atoms with Crippen LogP contribution in [0.2, 0.25) is 5.02 Å². The zero-order chi connectivity index (χ0) is 13.2. The van der Waals surface area contributed by atoms with Crippen molar-refractivity contribution in [3.63, 3.8) is 0 Å². The van der Waals surface area contributed by atoms with Crippen molar-refractivity contribution in [1.29, 1.82) is 0 Å². The van der Waals surface area contributed by atoms with Crippen molar-refractivity contribution >= 4 is 11.6 Å². The molecule has 0 spiro atoms. The summed E-state index contributed by atoms with van der Waals surface area (Å²) in [5.74, 6) is 1.56. The maximum Gasteiger partial charge on any atom is 0.135 e. The number of fused-ring (bicyclic) bond motifs is 2. The van der Waals surface area contributed by atoms with Gasteiger partial charge in [-0.2, -0.15) is 0 Å². The van der Waals surface area contributed by atoms with Gasteiger partial charge in [-0.3, -0.25) is 0 Å². The highest BCUT2D eigenvalue weighted by Crippen LogP contribution is 2.45. The van der Waals surface area contributed by atoms with Crippen molar-refractivity contribution in [2.45, 2.75) is 6.10 Å². The molecule has 2 aromatic rings. The molecule has 3 rings (SSSR count). The molecule has 0 saturated carbocycles. The fraction of sp³-hybridized carbons (Fsp3) is 0.125. The van der Waals surface area contributed by atoms with E-state index < -0.39 is 0 Å². The van der Waals surface area contributed by atoms with Crippen molar-refractivity contribution in [1.82, 2.24) is 0 Å². The minimum atomic E-state index is -0.143. The maximum absolute atomic E-state index is 6.02. The molecule has 2 nitrogen and oxygen atoms in total. The summed E-state index contributed by atoms with van der Waals surface area (Å²) in [6, 6.07) is 13.5. The number of halogens is 1. The first-order valence-electron chi connectivity index (χ1n) is 6.08. The molecule has 1 aliphatic heterocycles. The minimum absolute atomic E-state index is 0.143. The van der Waals surface area contributed by atoms with Gasteiger partial charge in [0.25, 0.3) is 0 Å². The highest BCUT2D eigenvalue weighted by molar-refractivity contribution is 6.30. The standard InChI is InChI=1S/C16H13ClO2/c1-2-9-18-16-12-5-3-4-6-14(12)19-15-10-11(17)7-8-13(15)16/h2-8,10,16H,1,9H2. The molecule has 0 aromatic heterocycles. The Kier molecular flexibility index (Phi) is 3.28. The highest BCUT2D eigenvalue weighted by Gasteiger charge is 2.27. The molecule has 0 bridgehead atoms. The van der Waals surface area contributed by atoms with Crippen molar-refractivity contribution < 1.29 is 9.47 Å². The van der Waals surface area contributed by atoms with Gasteiger partial charge in [0.15, 0.2) is 0 Å². The van der Waals surface area contributed by atoms with E-state index in [1.165, 1.54) is 0 Å². The average Bonchev–Trinajstić information content (AvgIpc) is 2.43. The zero-order valence-electron chi connectivity index (χ0n) is 10.3. The first-order valence-corrected chi connectivity index (χ1v) is 6.46. The van der Waals surface area contributed by atoms with E-state index in [1.54, 1.807) is 6.08 Å². The lowest BCUT2D eigenvalue weighted by atomic mass is 9.97. The number of ether oxygens (including phenoxy) is 2. The minimum Gasteiger partial charge on any atom is -0.457 e. The Labute approximate surface area is 117 Å². The molecule has 0 aliphatic carbocycles. The van der Waals surface area contributed by atoms with Crippen LogP contribution in [0.1, 0.15) is 17.2 Å². The molecule has 1 aliphatic rings. The van der Waals surface area contributed by atoms with Crippen molar-refractivity contribution in [3.8, 4) is 11.5 Å². The lowest BCUT2D eigenvalue weighted by Crippen LogP contribution is -2.13. The van der Waals surface area contributed by atoms with E-state index in [2.05, 4.69) is 6.58 Å². The molecule has 0 saturated heterocycles. The molecule has 0 amide bonds. The van der Waals surface area contributed by atoms with Crippen molar-refractivity contribution in [2.24, 2.45) is 0 Å². The van der Waals surface area contributed by atoms with Crippen LogP contribution < -0.4 is 4.74 Å².